The topological polar surface area (TPSA) is 63.2 Å². The molecule has 25 heavy (non-hydrogen) atoms. The molecule has 7 heteroatoms. The first-order chi connectivity index (χ1) is 12.0. The second kappa shape index (κ2) is 6.14. The Bertz CT molecular complexity index is 899. The van der Waals surface area contributed by atoms with Crippen molar-refractivity contribution in [2.45, 2.75) is 44.7 Å². The largest absolute Gasteiger partial charge is 0.236 e. The van der Waals surface area contributed by atoms with Crippen molar-refractivity contribution >= 4 is 10.0 Å². The maximum absolute atomic E-state index is 13.1. The molecule has 2 aliphatic rings. The first kappa shape index (κ1) is 16.6. The zero-order valence-electron chi connectivity index (χ0n) is 14.0. The van der Waals surface area contributed by atoms with Crippen molar-refractivity contribution in [2.75, 3.05) is 5.75 Å². The Morgan fingerprint density at radius 2 is 2.00 bits per heavy atom. The van der Waals surface area contributed by atoms with Gasteiger partial charge in [-0.1, -0.05) is 6.92 Å². The number of hydrogen-bond donors (Lipinski definition) is 0. The molecular weight excluding hydrogens is 341 g/mol. The van der Waals surface area contributed by atoms with E-state index in [2.05, 4.69) is 9.97 Å². The van der Waals surface area contributed by atoms with Crippen molar-refractivity contribution in [1.82, 2.24) is 14.3 Å². The predicted octanol–water partition coefficient (Wildman–Crippen LogP) is 3.08. The van der Waals surface area contributed by atoms with Gasteiger partial charge in [-0.2, -0.15) is 4.31 Å². The average Bonchev–Trinajstić information content (AvgIpc) is 2.92. The van der Waals surface area contributed by atoms with E-state index in [4.69, 9.17) is 0 Å². The zero-order chi connectivity index (χ0) is 17.6. The van der Waals surface area contributed by atoms with Crippen LogP contribution in [-0.2, 0) is 16.4 Å². The minimum Gasteiger partial charge on any atom is -0.236 e. The summed E-state index contributed by atoms with van der Waals surface area (Å²) in [4.78, 5) is 9.08. The molecule has 3 heterocycles. The summed E-state index contributed by atoms with van der Waals surface area (Å²) in [5.74, 6) is 0.448. The number of hydrogen-bond acceptors (Lipinski definition) is 4. The van der Waals surface area contributed by atoms with Crippen LogP contribution in [-0.4, -0.2) is 34.5 Å². The van der Waals surface area contributed by atoms with E-state index in [0.717, 1.165) is 29.7 Å². The molecule has 0 saturated carbocycles. The van der Waals surface area contributed by atoms with Crippen molar-refractivity contribution in [2.24, 2.45) is 0 Å². The fraction of sp³-hybridized carbons (Fsp3) is 0.444. The van der Waals surface area contributed by atoms with Gasteiger partial charge in [-0.25, -0.2) is 22.8 Å². The van der Waals surface area contributed by atoms with E-state index in [0.29, 0.717) is 18.7 Å². The van der Waals surface area contributed by atoms with Crippen LogP contribution in [0.15, 0.2) is 30.5 Å². The second-order valence-corrected chi connectivity index (χ2v) is 8.69. The second-order valence-electron chi connectivity index (χ2n) is 6.70. The molecule has 132 valence electrons. The molecule has 1 aromatic heterocycles. The molecule has 1 saturated heterocycles. The van der Waals surface area contributed by atoms with Crippen LogP contribution in [0.3, 0.4) is 0 Å². The molecule has 5 nitrogen and oxygen atoms in total. The number of aromatic nitrogens is 2. The van der Waals surface area contributed by atoms with Crippen LogP contribution in [0, 0.1) is 5.82 Å². The average molecular weight is 361 g/mol. The first-order valence-electron chi connectivity index (χ1n) is 8.62. The summed E-state index contributed by atoms with van der Waals surface area (Å²) in [7, 11) is -3.24. The van der Waals surface area contributed by atoms with Gasteiger partial charge < -0.3 is 0 Å². The molecule has 2 bridgehead atoms. The monoisotopic (exact) mass is 361 g/mol. The van der Waals surface area contributed by atoms with E-state index in [1.54, 1.807) is 22.6 Å². The van der Waals surface area contributed by atoms with Crippen molar-refractivity contribution in [3.05, 3.63) is 47.5 Å². The van der Waals surface area contributed by atoms with Gasteiger partial charge in [0.1, 0.15) is 5.82 Å². The number of sulfonamides is 1. The molecular formula is C18H20FN3O2S. The maximum Gasteiger partial charge on any atom is 0.214 e. The molecule has 2 aliphatic heterocycles. The van der Waals surface area contributed by atoms with Crippen LogP contribution >= 0.6 is 0 Å². The van der Waals surface area contributed by atoms with Gasteiger partial charge in [0.25, 0.3) is 0 Å². The predicted molar refractivity (Wildman–Crippen MR) is 92.8 cm³/mol. The van der Waals surface area contributed by atoms with E-state index >= 15 is 0 Å². The van der Waals surface area contributed by atoms with Crippen LogP contribution in [0.25, 0.3) is 11.4 Å². The van der Waals surface area contributed by atoms with Crippen molar-refractivity contribution in [3.8, 4) is 11.4 Å². The summed E-state index contributed by atoms with van der Waals surface area (Å²) < 4.78 is 40.0. The molecule has 2 aromatic rings. The molecule has 1 fully saturated rings. The van der Waals surface area contributed by atoms with E-state index in [1.807, 2.05) is 6.92 Å². The van der Waals surface area contributed by atoms with E-state index < -0.39 is 10.0 Å². The molecule has 2 atom stereocenters. The summed E-state index contributed by atoms with van der Waals surface area (Å²) in [6.45, 7) is 1.88. The van der Waals surface area contributed by atoms with Crippen LogP contribution in [0.2, 0.25) is 0 Å². The summed E-state index contributed by atoms with van der Waals surface area (Å²) in [6.07, 6.45) is 4.66. The summed E-state index contributed by atoms with van der Waals surface area (Å²) in [5, 5.41) is 0. The number of nitrogens with zero attached hydrogens (tertiary/aromatic N) is 3. The van der Waals surface area contributed by atoms with Crippen LogP contribution < -0.4 is 0 Å². The van der Waals surface area contributed by atoms with Gasteiger partial charge in [0.05, 0.1) is 17.5 Å². The fourth-order valence-electron chi connectivity index (χ4n) is 3.96. The summed E-state index contributed by atoms with van der Waals surface area (Å²) in [5.41, 5.74) is 2.60. The van der Waals surface area contributed by atoms with Crippen LogP contribution in [0.4, 0.5) is 4.39 Å². The quantitative estimate of drug-likeness (QED) is 0.839. The van der Waals surface area contributed by atoms with Gasteiger partial charge >= 0.3 is 0 Å². The number of halogens is 1. The third-order valence-electron chi connectivity index (χ3n) is 5.01. The lowest BCUT2D eigenvalue weighted by Crippen LogP contribution is -2.43. The van der Waals surface area contributed by atoms with Gasteiger partial charge in [-0.15, -0.1) is 0 Å². The molecule has 4 rings (SSSR count). The maximum atomic E-state index is 13.1. The molecule has 0 radical (unpaired) electrons. The highest BCUT2D eigenvalue weighted by Gasteiger charge is 2.46. The highest BCUT2D eigenvalue weighted by molar-refractivity contribution is 7.89. The molecule has 0 amide bonds. The lowest BCUT2D eigenvalue weighted by molar-refractivity contribution is 0.300. The highest BCUT2D eigenvalue weighted by atomic mass is 32.2. The standard InChI is InChI=1S/C18H20FN3O2S/c1-2-9-25(23,24)22-14-7-8-17(22)15-11-20-18(21-16(15)10-14)12-3-5-13(19)6-4-12/h3-6,11,14,17H,2,7-10H2,1H3. The summed E-state index contributed by atoms with van der Waals surface area (Å²) in [6, 6.07) is 5.94. The first-order valence-corrected chi connectivity index (χ1v) is 10.2. The smallest absolute Gasteiger partial charge is 0.214 e. The number of benzene rings is 1. The SMILES string of the molecule is CCCS(=O)(=O)N1C2CCC1c1cnc(-c3ccc(F)cc3)nc1C2. The normalized spacial score (nSPS) is 22.8. The lowest BCUT2D eigenvalue weighted by atomic mass is 10.0. The van der Waals surface area contributed by atoms with Crippen LogP contribution in [0.1, 0.15) is 43.5 Å². The van der Waals surface area contributed by atoms with Crippen molar-refractivity contribution < 1.29 is 12.8 Å². The van der Waals surface area contributed by atoms with E-state index in [-0.39, 0.29) is 23.7 Å². The van der Waals surface area contributed by atoms with Crippen molar-refractivity contribution in [3.63, 3.8) is 0 Å². The third-order valence-corrected chi connectivity index (χ3v) is 7.13. The minimum atomic E-state index is -3.24. The Hall–Kier alpha value is -1.86. The molecule has 1 aromatic carbocycles. The number of fused-ring (bicyclic) bond motifs is 4. The Kier molecular flexibility index (Phi) is 4.08. The van der Waals surface area contributed by atoms with Crippen LogP contribution in [0.5, 0.6) is 0 Å². The molecule has 0 aliphatic carbocycles. The Morgan fingerprint density at radius 1 is 1.24 bits per heavy atom. The van der Waals surface area contributed by atoms with E-state index in [1.165, 1.54) is 12.1 Å². The van der Waals surface area contributed by atoms with Crippen molar-refractivity contribution in [1.29, 1.82) is 0 Å². The lowest BCUT2D eigenvalue weighted by Gasteiger charge is -2.34. The Labute approximate surface area is 147 Å². The number of rotatable bonds is 4. The third kappa shape index (κ3) is 2.85. The van der Waals surface area contributed by atoms with Gasteiger partial charge in [0.15, 0.2) is 5.82 Å². The Balaban J connectivity index is 1.71. The Morgan fingerprint density at radius 3 is 2.72 bits per heavy atom. The minimum absolute atomic E-state index is 0.00924. The van der Waals surface area contributed by atoms with Gasteiger partial charge in [0.2, 0.25) is 10.0 Å². The fourth-order valence-corrected chi connectivity index (χ4v) is 5.93. The van der Waals surface area contributed by atoms with E-state index in [9.17, 15) is 12.8 Å². The van der Waals surface area contributed by atoms with Gasteiger partial charge in [-0.05, 0) is 43.5 Å². The molecule has 0 spiro atoms. The molecule has 2 unspecified atom stereocenters. The zero-order valence-corrected chi connectivity index (χ0v) is 14.8. The highest BCUT2D eigenvalue weighted by Crippen LogP contribution is 2.45. The van der Waals surface area contributed by atoms with Gasteiger partial charge in [-0.3, -0.25) is 0 Å². The summed E-state index contributed by atoms with van der Waals surface area (Å²) >= 11 is 0. The van der Waals surface area contributed by atoms with Gasteiger partial charge in [0, 0.05) is 29.8 Å². The molecule has 0 N–H and O–H groups in total.